The van der Waals surface area contributed by atoms with Crippen molar-refractivity contribution in [1.82, 2.24) is 0 Å². The monoisotopic (exact) mass is 196 g/mol. The zero-order valence-corrected chi connectivity index (χ0v) is 9.59. The minimum absolute atomic E-state index is 0.0157. The van der Waals surface area contributed by atoms with E-state index >= 15 is 0 Å². The molecule has 0 bridgehead atoms. The van der Waals surface area contributed by atoms with Crippen molar-refractivity contribution in [3.05, 3.63) is 0 Å². The number of Topliss-reactive ketones (excluding diaryl/α,β-unsaturated/α-hetero) is 2. The minimum atomic E-state index is -0.595. The highest BCUT2D eigenvalue weighted by atomic mass is 16.2. The zero-order chi connectivity index (χ0) is 10.9. The summed E-state index contributed by atoms with van der Waals surface area (Å²) in [5.74, 6) is 0.279. The van der Waals surface area contributed by atoms with Crippen LogP contribution in [0.3, 0.4) is 0 Å². The van der Waals surface area contributed by atoms with E-state index in [1.165, 1.54) is 0 Å². The molecule has 0 spiro atoms. The molecule has 0 atom stereocenters. The van der Waals surface area contributed by atoms with Crippen molar-refractivity contribution in [2.24, 2.45) is 17.3 Å². The highest BCUT2D eigenvalue weighted by molar-refractivity contribution is 6.09. The quantitative estimate of drug-likeness (QED) is 0.648. The van der Waals surface area contributed by atoms with Crippen LogP contribution in [0.1, 0.15) is 47.0 Å². The molecule has 0 unspecified atom stereocenters. The van der Waals surface area contributed by atoms with Crippen LogP contribution in [0, 0.1) is 17.3 Å². The number of carbonyl (C=O) groups excluding carboxylic acids is 2. The fourth-order valence-corrected chi connectivity index (χ4v) is 2.25. The van der Waals surface area contributed by atoms with Gasteiger partial charge >= 0.3 is 0 Å². The molecule has 1 aliphatic carbocycles. The number of rotatable bonds is 4. The van der Waals surface area contributed by atoms with E-state index in [0.29, 0.717) is 0 Å². The number of hydrogen-bond acceptors (Lipinski definition) is 2. The SMILES string of the molecule is CC(C)C(=O)C1(C(=O)C(C)C)CCC1. The summed E-state index contributed by atoms with van der Waals surface area (Å²) in [5.41, 5.74) is -0.595. The van der Waals surface area contributed by atoms with Crippen molar-refractivity contribution < 1.29 is 9.59 Å². The zero-order valence-electron chi connectivity index (χ0n) is 9.59. The maximum Gasteiger partial charge on any atom is 0.148 e. The minimum Gasteiger partial charge on any atom is -0.298 e. The highest BCUT2D eigenvalue weighted by Gasteiger charge is 2.50. The Bertz CT molecular complexity index is 225. The van der Waals surface area contributed by atoms with Gasteiger partial charge in [-0.2, -0.15) is 0 Å². The van der Waals surface area contributed by atoms with Gasteiger partial charge in [0.05, 0.1) is 5.41 Å². The molecule has 1 rings (SSSR count). The maximum atomic E-state index is 12.0. The molecule has 14 heavy (non-hydrogen) atoms. The second-order valence-corrected chi connectivity index (χ2v) is 4.97. The second-order valence-electron chi connectivity index (χ2n) is 4.97. The first kappa shape index (κ1) is 11.4. The van der Waals surface area contributed by atoms with Gasteiger partial charge in [-0.3, -0.25) is 9.59 Å². The third-order valence-electron chi connectivity index (χ3n) is 3.20. The van der Waals surface area contributed by atoms with E-state index in [1.807, 2.05) is 27.7 Å². The van der Waals surface area contributed by atoms with Crippen LogP contribution in [0.4, 0.5) is 0 Å². The van der Waals surface area contributed by atoms with E-state index in [0.717, 1.165) is 19.3 Å². The van der Waals surface area contributed by atoms with Crippen LogP contribution in [0.5, 0.6) is 0 Å². The lowest BCUT2D eigenvalue weighted by atomic mass is 9.59. The first-order valence-corrected chi connectivity index (χ1v) is 5.50. The predicted molar refractivity (Wildman–Crippen MR) is 56.0 cm³/mol. The van der Waals surface area contributed by atoms with Crippen molar-refractivity contribution in [2.45, 2.75) is 47.0 Å². The van der Waals surface area contributed by atoms with Crippen molar-refractivity contribution >= 4 is 11.6 Å². The Morgan fingerprint density at radius 2 is 1.29 bits per heavy atom. The van der Waals surface area contributed by atoms with Crippen LogP contribution in [-0.4, -0.2) is 11.6 Å². The molecular formula is C12H20O2. The Balaban J connectivity index is 2.87. The average Bonchev–Trinajstić information content (AvgIpc) is 2.01. The van der Waals surface area contributed by atoms with Crippen LogP contribution in [0.2, 0.25) is 0 Å². The molecule has 0 radical (unpaired) electrons. The van der Waals surface area contributed by atoms with Gasteiger partial charge < -0.3 is 0 Å². The molecule has 0 aliphatic heterocycles. The average molecular weight is 196 g/mol. The predicted octanol–water partition coefficient (Wildman–Crippen LogP) is 2.61. The first-order valence-electron chi connectivity index (χ1n) is 5.50. The van der Waals surface area contributed by atoms with E-state index < -0.39 is 5.41 Å². The number of carbonyl (C=O) groups is 2. The summed E-state index contributed by atoms with van der Waals surface area (Å²) in [6.07, 6.45) is 2.58. The molecule has 1 fully saturated rings. The van der Waals surface area contributed by atoms with Gasteiger partial charge in [0.1, 0.15) is 11.6 Å². The second kappa shape index (κ2) is 3.84. The highest BCUT2D eigenvalue weighted by Crippen LogP contribution is 2.45. The number of hydrogen-bond donors (Lipinski definition) is 0. The molecule has 0 saturated heterocycles. The molecule has 0 aromatic heterocycles. The van der Waals surface area contributed by atoms with E-state index in [-0.39, 0.29) is 23.4 Å². The van der Waals surface area contributed by atoms with E-state index in [1.54, 1.807) is 0 Å². The van der Waals surface area contributed by atoms with Crippen molar-refractivity contribution in [3.8, 4) is 0 Å². The first-order chi connectivity index (χ1) is 6.42. The maximum absolute atomic E-state index is 12.0. The van der Waals surface area contributed by atoms with Crippen LogP contribution < -0.4 is 0 Å². The normalized spacial score (nSPS) is 19.6. The smallest absolute Gasteiger partial charge is 0.148 e. The molecule has 2 heteroatoms. The third kappa shape index (κ3) is 1.62. The molecule has 1 saturated carbocycles. The summed E-state index contributed by atoms with van der Waals surface area (Å²) in [4.78, 5) is 23.9. The van der Waals surface area contributed by atoms with Gasteiger partial charge in [0.25, 0.3) is 0 Å². The van der Waals surface area contributed by atoms with Gasteiger partial charge in [0.15, 0.2) is 0 Å². The Kier molecular flexibility index (Phi) is 3.13. The standard InChI is InChI=1S/C12H20O2/c1-8(2)10(13)12(6-5-7-12)11(14)9(3)4/h8-9H,5-7H2,1-4H3. The van der Waals surface area contributed by atoms with Gasteiger partial charge in [-0.05, 0) is 12.8 Å². The van der Waals surface area contributed by atoms with Crippen LogP contribution >= 0.6 is 0 Å². The summed E-state index contributed by atoms with van der Waals surface area (Å²) in [6.45, 7) is 7.54. The third-order valence-corrected chi connectivity index (χ3v) is 3.20. The fraction of sp³-hybridized carbons (Fsp3) is 0.833. The van der Waals surface area contributed by atoms with Crippen LogP contribution in [0.15, 0.2) is 0 Å². The molecule has 0 aromatic carbocycles. The topological polar surface area (TPSA) is 34.1 Å². The van der Waals surface area contributed by atoms with Gasteiger partial charge in [-0.1, -0.05) is 34.1 Å². The van der Waals surface area contributed by atoms with E-state index in [9.17, 15) is 9.59 Å². The number of ketones is 2. The Hall–Kier alpha value is -0.660. The molecule has 0 aromatic rings. The van der Waals surface area contributed by atoms with E-state index in [4.69, 9.17) is 0 Å². The summed E-state index contributed by atoms with van der Waals surface area (Å²) in [5, 5.41) is 0. The summed E-state index contributed by atoms with van der Waals surface area (Å²) >= 11 is 0. The van der Waals surface area contributed by atoms with Crippen molar-refractivity contribution in [2.75, 3.05) is 0 Å². The van der Waals surface area contributed by atoms with Crippen molar-refractivity contribution in [3.63, 3.8) is 0 Å². The van der Waals surface area contributed by atoms with Crippen LogP contribution in [-0.2, 0) is 9.59 Å². The lowest BCUT2D eigenvalue weighted by molar-refractivity contribution is -0.150. The molecule has 1 aliphatic rings. The van der Waals surface area contributed by atoms with Gasteiger partial charge in [0.2, 0.25) is 0 Å². The van der Waals surface area contributed by atoms with Gasteiger partial charge in [-0.15, -0.1) is 0 Å². The lowest BCUT2D eigenvalue weighted by Crippen LogP contribution is -2.48. The van der Waals surface area contributed by atoms with Crippen LogP contribution in [0.25, 0.3) is 0 Å². The summed E-state index contributed by atoms with van der Waals surface area (Å²) in [7, 11) is 0. The molecular weight excluding hydrogens is 176 g/mol. The largest absolute Gasteiger partial charge is 0.298 e. The fourth-order valence-electron chi connectivity index (χ4n) is 2.25. The van der Waals surface area contributed by atoms with Gasteiger partial charge in [0, 0.05) is 11.8 Å². The molecule has 0 N–H and O–H groups in total. The van der Waals surface area contributed by atoms with E-state index in [2.05, 4.69) is 0 Å². The Labute approximate surface area is 86.1 Å². The molecule has 80 valence electrons. The Morgan fingerprint density at radius 1 is 0.929 bits per heavy atom. The summed E-state index contributed by atoms with van der Waals surface area (Å²) < 4.78 is 0. The Morgan fingerprint density at radius 3 is 1.43 bits per heavy atom. The van der Waals surface area contributed by atoms with Gasteiger partial charge in [-0.25, -0.2) is 0 Å². The summed E-state index contributed by atoms with van der Waals surface area (Å²) in [6, 6.07) is 0. The molecule has 0 amide bonds. The lowest BCUT2D eigenvalue weighted by Gasteiger charge is -2.41. The molecule has 2 nitrogen and oxygen atoms in total. The molecule has 0 heterocycles. The van der Waals surface area contributed by atoms with Crippen molar-refractivity contribution in [1.29, 1.82) is 0 Å².